The Bertz CT molecular complexity index is 1180. The number of carbonyl (C=O) groups is 2. The van der Waals surface area contributed by atoms with Gasteiger partial charge in [-0.25, -0.2) is 9.80 Å². The van der Waals surface area contributed by atoms with Gasteiger partial charge in [0.1, 0.15) is 5.69 Å². The highest BCUT2D eigenvalue weighted by Gasteiger charge is 2.58. The maximum atomic E-state index is 12.5. The molecule has 2 aromatic carbocycles. The van der Waals surface area contributed by atoms with Crippen LogP contribution in [0.15, 0.2) is 70.3 Å². The number of Topliss-reactive ketones (excluding diaryl/α,β-unsaturated/α-hetero) is 1. The van der Waals surface area contributed by atoms with Crippen LogP contribution >= 0.6 is 23.5 Å². The summed E-state index contributed by atoms with van der Waals surface area (Å²) >= 11 is 2.27. The number of allylic oxidation sites excluding steroid dienone is 2. The summed E-state index contributed by atoms with van der Waals surface area (Å²) in [5.74, 6) is -0.821. The molecule has 1 unspecified atom stereocenters. The van der Waals surface area contributed by atoms with Gasteiger partial charge in [0, 0.05) is 17.5 Å². The monoisotopic (exact) mass is 470 g/mol. The average molecular weight is 471 g/mol. The van der Waals surface area contributed by atoms with Gasteiger partial charge in [-0.2, -0.15) is 5.10 Å². The van der Waals surface area contributed by atoms with E-state index in [0.717, 1.165) is 17.4 Å². The van der Waals surface area contributed by atoms with Crippen LogP contribution < -0.4 is 9.91 Å². The Kier molecular flexibility index (Phi) is 5.70. The molecule has 0 saturated carbocycles. The first-order valence-corrected chi connectivity index (χ1v) is 11.1. The van der Waals surface area contributed by atoms with Crippen molar-refractivity contribution in [3.8, 4) is 0 Å². The van der Waals surface area contributed by atoms with Crippen LogP contribution in [0.4, 0.5) is 17.1 Å². The highest BCUT2D eigenvalue weighted by molar-refractivity contribution is 8.29. The van der Waals surface area contributed by atoms with Crippen molar-refractivity contribution in [2.75, 3.05) is 17.0 Å². The van der Waals surface area contributed by atoms with Gasteiger partial charge in [-0.3, -0.25) is 14.9 Å². The summed E-state index contributed by atoms with van der Waals surface area (Å²) in [6.45, 7) is 3.27. The molecule has 2 aromatic rings. The molecule has 0 bridgehead atoms. The third-order valence-electron chi connectivity index (χ3n) is 4.87. The van der Waals surface area contributed by atoms with Crippen molar-refractivity contribution >= 4 is 57.4 Å². The molecule has 0 fully saturated rings. The van der Waals surface area contributed by atoms with Crippen molar-refractivity contribution in [3.63, 3.8) is 0 Å². The Morgan fingerprint density at radius 3 is 2.38 bits per heavy atom. The lowest BCUT2D eigenvalue weighted by Gasteiger charge is -2.41. The van der Waals surface area contributed by atoms with E-state index in [4.69, 9.17) is 4.74 Å². The third kappa shape index (κ3) is 3.43. The first kappa shape index (κ1) is 21.9. The number of benzene rings is 2. The Morgan fingerprint density at radius 2 is 1.75 bits per heavy atom. The molecule has 0 aromatic heterocycles. The molecule has 164 valence electrons. The van der Waals surface area contributed by atoms with Gasteiger partial charge in [-0.05, 0) is 43.8 Å². The molecule has 2 heterocycles. The standard InChI is InChI=1S/C21H18N4O5S2/c1-13-18(14(2)26)31-21(23(13)15-9-5-4-6-10-15)24(22-19(32-21)20(27)30-3)16-11-7-8-12-17(16)25(28)29/h4-12H,1-3H3. The number of nitro benzene ring substituents is 1. The smallest absolute Gasteiger partial charge is 0.365 e. The van der Waals surface area contributed by atoms with Crippen LogP contribution in [0, 0.1) is 10.1 Å². The fraction of sp³-hybridized carbons (Fsp3) is 0.190. The van der Waals surface area contributed by atoms with Crippen molar-refractivity contribution in [2.24, 2.45) is 5.10 Å². The summed E-state index contributed by atoms with van der Waals surface area (Å²) in [5.41, 5.74) is 1.41. The number of carbonyl (C=O) groups excluding carboxylic acids is 2. The van der Waals surface area contributed by atoms with Gasteiger partial charge in [0.15, 0.2) is 5.78 Å². The number of esters is 1. The first-order valence-electron chi connectivity index (χ1n) is 9.46. The Labute approximate surface area is 192 Å². The lowest BCUT2D eigenvalue weighted by Crippen LogP contribution is -2.49. The molecule has 1 spiro atoms. The van der Waals surface area contributed by atoms with E-state index in [1.807, 2.05) is 35.2 Å². The van der Waals surface area contributed by atoms with E-state index >= 15 is 0 Å². The van der Waals surface area contributed by atoms with Gasteiger partial charge in [-0.1, -0.05) is 42.1 Å². The summed E-state index contributed by atoms with van der Waals surface area (Å²) in [6, 6.07) is 15.4. The third-order valence-corrected chi connectivity index (χ3v) is 7.84. The minimum atomic E-state index is -1.22. The van der Waals surface area contributed by atoms with Gasteiger partial charge in [-0.15, -0.1) is 0 Å². The Morgan fingerprint density at radius 1 is 1.09 bits per heavy atom. The molecule has 0 saturated heterocycles. The molecule has 32 heavy (non-hydrogen) atoms. The summed E-state index contributed by atoms with van der Waals surface area (Å²) in [5, 5.41) is 17.7. The number of ether oxygens (including phenoxy) is 1. The SMILES string of the molecule is COC(=O)C1=NN(c2ccccc2[N+](=O)[O-])C2(S1)SC(C(C)=O)=C(C)N2c1ccccc1. The van der Waals surface area contributed by atoms with Crippen molar-refractivity contribution < 1.29 is 19.2 Å². The van der Waals surface area contributed by atoms with Crippen LogP contribution in [0.3, 0.4) is 0 Å². The maximum absolute atomic E-state index is 12.5. The number of nitrogens with zero attached hydrogens (tertiary/aromatic N) is 4. The Hall–Kier alpha value is -3.31. The van der Waals surface area contributed by atoms with Gasteiger partial charge >= 0.3 is 5.97 Å². The molecule has 4 rings (SSSR count). The maximum Gasteiger partial charge on any atom is 0.365 e. The van der Waals surface area contributed by atoms with E-state index in [1.54, 1.807) is 25.1 Å². The lowest BCUT2D eigenvalue weighted by molar-refractivity contribution is -0.384. The molecule has 2 aliphatic heterocycles. The van der Waals surface area contributed by atoms with Crippen LogP contribution in [0.5, 0.6) is 0 Å². The highest BCUT2D eigenvalue weighted by Crippen LogP contribution is 2.60. The van der Waals surface area contributed by atoms with Gasteiger partial charge < -0.3 is 9.64 Å². The molecule has 0 amide bonds. The van der Waals surface area contributed by atoms with Crippen molar-refractivity contribution in [2.45, 2.75) is 18.2 Å². The number of hydrogen-bond acceptors (Lipinski definition) is 10. The molecule has 9 nitrogen and oxygen atoms in total. The van der Waals surface area contributed by atoms with E-state index in [2.05, 4.69) is 5.10 Å². The largest absolute Gasteiger partial charge is 0.464 e. The minimum Gasteiger partial charge on any atom is -0.464 e. The lowest BCUT2D eigenvalue weighted by atomic mass is 10.2. The zero-order chi connectivity index (χ0) is 23.0. The topological polar surface area (TPSA) is 105 Å². The summed E-state index contributed by atoms with van der Waals surface area (Å²) in [6.07, 6.45) is 0. The fourth-order valence-corrected chi connectivity index (χ4v) is 6.51. The number of para-hydroxylation sites is 3. The number of methoxy groups -OCH3 is 1. The number of anilines is 2. The summed E-state index contributed by atoms with van der Waals surface area (Å²) < 4.78 is 3.66. The van der Waals surface area contributed by atoms with E-state index in [-0.39, 0.29) is 22.2 Å². The average Bonchev–Trinajstić information content (AvgIpc) is 3.31. The molecule has 0 N–H and O–H groups in total. The summed E-state index contributed by atoms with van der Waals surface area (Å²) in [7, 11) is 1.24. The molecule has 11 heteroatoms. The number of ketones is 1. The van der Waals surface area contributed by atoms with Crippen molar-refractivity contribution in [1.29, 1.82) is 0 Å². The number of nitro groups is 1. The number of rotatable bonds is 5. The first-order chi connectivity index (χ1) is 15.3. The number of thioether (sulfide) groups is 2. The molecular formula is C21H18N4O5S2. The molecule has 0 radical (unpaired) electrons. The van der Waals surface area contributed by atoms with E-state index in [1.165, 1.54) is 36.9 Å². The minimum absolute atomic E-state index is 0.0247. The van der Waals surface area contributed by atoms with Gasteiger partial charge in [0.2, 0.25) is 9.37 Å². The van der Waals surface area contributed by atoms with E-state index < -0.39 is 15.2 Å². The second-order valence-corrected chi connectivity index (χ2v) is 9.45. The zero-order valence-electron chi connectivity index (χ0n) is 17.3. The molecule has 1 atom stereocenters. The zero-order valence-corrected chi connectivity index (χ0v) is 19.0. The van der Waals surface area contributed by atoms with Gasteiger partial charge in [0.25, 0.3) is 5.69 Å². The normalized spacial score (nSPS) is 20.0. The predicted octanol–water partition coefficient (Wildman–Crippen LogP) is 4.32. The summed E-state index contributed by atoms with van der Waals surface area (Å²) in [4.78, 5) is 38.6. The van der Waals surface area contributed by atoms with Crippen LogP contribution in [-0.2, 0) is 14.3 Å². The Balaban J connectivity index is 1.97. The molecular weight excluding hydrogens is 452 g/mol. The van der Waals surface area contributed by atoms with Gasteiger partial charge in [0.05, 0.1) is 16.9 Å². The number of hydrogen-bond donors (Lipinski definition) is 0. The second-order valence-electron chi connectivity index (χ2n) is 6.85. The van der Waals surface area contributed by atoms with Crippen molar-refractivity contribution in [1.82, 2.24) is 0 Å². The van der Waals surface area contributed by atoms with Crippen LogP contribution in [0.1, 0.15) is 13.8 Å². The van der Waals surface area contributed by atoms with Crippen LogP contribution in [-0.4, -0.2) is 33.2 Å². The number of hydrazone groups is 1. The predicted molar refractivity (Wildman–Crippen MR) is 125 cm³/mol. The molecule has 0 aliphatic carbocycles. The van der Waals surface area contributed by atoms with E-state index in [0.29, 0.717) is 10.6 Å². The highest BCUT2D eigenvalue weighted by atomic mass is 32.2. The quantitative estimate of drug-likeness (QED) is 0.359. The second kappa shape index (κ2) is 8.32. The van der Waals surface area contributed by atoms with E-state index in [9.17, 15) is 19.7 Å². The van der Waals surface area contributed by atoms with Crippen LogP contribution in [0.25, 0.3) is 0 Å². The van der Waals surface area contributed by atoms with Crippen molar-refractivity contribution in [3.05, 3.63) is 75.3 Å². The van der Waals surface area contributed by atoms with Crippen LogP contribution in [0.2, 0.25) is 0 Å². The molecule has 2 aliphatic rings. The fourth-order valence-electron chi connectivity index (χ4n) is 3.55.